The molecule has 2 aromatic rings. The molecule has 0 unspecified atom stereocenters. The van der Waals surface area contributed by atoms with E-state index >= 15 is 0 Å². The third-order valence-electron chi connectivity index (χ3n) is 3.94. The lowest BCUT2D eigenvalue weighted by Crippen LogP contribution is -2.30. The Balaban J connectivity index is 1.82. The Kier molecular flexibility index (Phi) is 3.70. The van der Waals surface area contributed by atoms with E-state index in [4.69, 9.17) is 9.56 Å². The second-order valence-electron chi connectivity index (χ2n) is 5.82. The molecule has 0 radical (unpaired) electrons. The first-order valence-corrected chi connectivity index (χ1v) is 8.84. The monoisotopic (exact) mass is 322 g/mol. The van der Waals surface area contributed by atoms with Gasteiger partial charge < -0.3 is 9.32 Å². The summed E-state index contributed by atoms with van der Waals surface area (Å²) in [6, 6.07) is 7.35. The highest BCUT2D eigenvalue weighted by Crippen LogP contribution is 2.26. The maximum atomic E-state index is 12.7. The van der Waals surface area contributed by atoms with Gasteiger partial charge in [-0.1, -0.05) is 12.1 Å². The molecule has 0 spiro atoms. The van der Waals surface area contributed by atoms with Crippen LogP contribution in [0, 0.1) is 12.8 Å². The Morgan fingerprint density at radius 2 is 2.23 bits per heavy atom. The average molecular weight is 322 g/mol. The molecule has 1 saturated heterocycles. The number of primary sulfonamides is 1. The zero-order valence-corrected chi connectivity index (χ0v) is 13.1. The van der Waals surface area contributed by atoms with Crippen molar-refractivity contribution in [2.24, 2.45) is 11.1 Å². The van der Waals surface area contributed by atoms with Crippen LogP contribution in [0.1, 0.15) is 22.5 Å². The summed E-state index contributed by atoms with van der Waals surface area (Å²) in [7, 11) is -3.51. The highest BCUT2D eigenvalue weighted by atomic mass is 32.2. The fourth-order valence-electron chi connectivity index (χ4n) is 3.01. The van der Waals surface area contributed by atoms with Crippen molar-refractivity contribution in [2.75, 3.05) is 18.8 Å². The quantitative estimate of drug-likeness (QED) is 0.926. The maximum absolute atomic E-state index is 12.7. The fraction of sp³-hybridized carbons (Fsp3) is 0.400. The van der Waals surface area contributed by atoms with Crippen LogP contribution >= 0.6 is 0 Å². The van der Waals surface area contributed by atoms with Crippen molar-refractivity contribution in [1.29, 1.82) is 0 Å². The summed E-state index contributed by atoms with van der Waals surface area (Å²) in [4.78, 5) is 14.3. The van der Waals surface area contributed by atoms with Gasteiger partial charge in [0.1, 0.15) is 11.3 Å². The highest BCUT2D eigenvalue weighted by Gasteiger charge is 2.30. The molecule has 2 N–H and O–H groups in total. The van der Waals surface area contributed by atoms with E-state index < -0.39 is 10.0 Å². The summed E-state index contributed by atoms with van der Waals surface area (Å²) in [6.45, 7) is 2.78. The van der Waals surface area contributed by atoms with Gasteiger partial charge in [-0.2, -0.15) is 0 Å². The van der Waals surface area contributed by atoms with E-state index in [0.717, 1.165) is 11.1 Å². The van der Waals surface area contributed by atoms with E-state index in [2.05, 4.69) is 0 Å². The van der Waals surface area contributed by atoms with Crippen molar-refractivity contribution >= 4 is 26.9 Å². The van der Waals surface area contributed by atoms with Crippen LogP contribution in [0.3, 0.4) is 0 Å². The summed E-state index contributed by atoms with van der Waals surface area (Å²) in [6.07, 6.45) is 0.648. The molecule has 7 heteroatoms. The first kappa shape index (κ1) is 15.1. The lowest BCUT2D eigenvalue weighted by Gasteiger charge is -2.16. The van der Waals surface area contributed by atoms with E-state index in [1.165, 1.54) is 0 Å². The van der Waals surface area contributed by atoms with Crippen LogP contribution in [-0.2, 0) is 10.0 Å². The number of sulfonamides is 1. The van der Waals surface area contributed by atoms with Crippen LogP contribution in [0.5, 0.6) is 0 Å². The zero-order valence-electron chi connectivity index (χ0n) is 12.3. The molecule has 0 aliphatic carbocycles. The van der Waals surface area contributed by atoms with E-state index in [9.17, 15) is 13.2 Å². The predicted octanol–water partition coefficient (Wildman–Crippen LogP) is 1.49. The van der Waals surface area contributed by atoms with Crippen molar-refractivity contribution in [3.05, 3.63) is 35.6 Å². The molecule has 1 amide bonds. The van der Waals surface area contributed by atoms with Crippen LogP contribution in [0.4, 0.5) is 0 Å². The number of benzene rings is 1. The highest BCUT2D eigenvalue weighted by molar-refractivity contribution is 7.89. The normalized spacial score (nSPS) is 19.0. The molecule has 1 atom stereocenters. The Labute approximate surface area is 128 Å². The molecule has 0 bridgehead atoms. The number of fused-ring (bicyclic) bond motifs is 1. The van der Waals surface area contributed by atoms with Gasteiger partial charge in [0.2, 0.25) is 10.0 Å². The van der Waals surface area contributed by atoms with Crippen LogP contribution in [0.15, 0.2) is 28.7 Å². The molecule has 1 fully saturated rings. The Morgan fingerprint density at radius 3 is 2.95 bits per heavy atom. The molecular formula is C15H18N2O4S. The molecule has 118 valence electrons. The number of hydrogen-bond donors (Lipinski definition) is 1. The second kappa shape index (κ2) is 5.40. The number of carbonyl (C=O) groups excluding carboxylic acids is 1. The third kappa shape index (κ3) is 3.00. The van der Waals surface area contributed by atoms with Gasteiger partial charge in [0.05, 0.1) is 11.3 Å². The number of nitrogens with zero attached hydrogens (tertiary/aromatic N) is 1. The van der Waals surface area contributed by atoms with Gasteiger partial charge in [-0.15, -0.1) is 0 Å². The number of nitrogens with two attached hydrogens (primary N) is 1. The number of para-hydroxylation sites is 1. The molecular weight excluding hydrogens is 304 g/mol. The minimum atomic E-state index is -3.51. The number of likely N-dealkylation sites (tertiary alicyclic amines) is 1. The first-order chi connectivity index (χ1) is 10.3. The smallest absolute Gasteiger partial charge is 0.257 e. The predicted molar refractivity (Wildman–Crippen MR) is 82.9 cm³/mol. The van der Waals surface area contributed by atoms with Gasteiger partial charge in [0.25, 0.3) is 5.91 Å². The molecule has 1 aliphatic heterocycles. The van der Waals surface area contributed by atoms with Crippen molar-refractivity contribution in [3.63, 3.8) is 0 Å². The summed E-state index contributed by atoms with van der Waals surface area (Å²) in [5.74, 6) is 0.443. The average Bonchev–Trinajstić information content (AvgIpc) is 3.00. The Morgan fingerprint density at radius 1 is 1.45 bits per heavy atom. The largest absolute Gasteiger partial charge is 0.461 e. The molecule has 22 heavy (non-hydrogen) atoms. The summed E-state index contributed by atoms with van der Waals surface area (Å²) in [5, 5.41) is 5.97. The summed E-state index contributed by atoms with van der Waals surface area (Å²) >= 11 is 0. The van der Waals surface area contributed by atoms with Gasteiger partial charge >= 0.3 is 0 Å². The summed E-state index contributed by atoms with van der Waals surface area (Å²) in [5.41, 5.74) is 1.10. The molecule has 2 heterocycles. The lowest BCUT2D eigenvalue weighted by atomic mass is 10.1. The van der Waals surface area contributed by atoms with E-state index in [1.54, 1.807) is 11.0 Å². The van der Waals surface area contributed by atoms with Gasteiger partial charge in [0, 0.05) is 18.5 Å². The molecule has 6 nitrogen and oxygen atoms in total. The fourth-order valence-corrected chi connectivity index (χ4v) is 3.94. The van der Waals surface area contributed by atoms with Crippen LogP contribution in [0.25, 0.3) is 11.0 Å². The zero-order chi connectivity index (χ0) is 15.9. The van der Waals surface area contributed by atoms with Crippen molar-refractivity contribution in [3.8, 4) is 0 Å². The Bertz CT molecular complexity index is 825. The van der Waals surface area contributed by atoms with Crippen LogP contribution in [-0.4, -0.2) is 38.1 Å². The van der Waals surface area contributed by atoms with Gasteiger partial charge in [0.15, 0.2) is 0 Å². The number of aryl methyl sites for hydroxylation is 1. The maximum Gasteiger partial charge on any atom is 0.257 e. The first-order valence-electron chi connectivity index (χ1n) is 7.12. The lowest BCUT2D eigenvalue weighted by molar-refractivity contribution is 0.0789. The van der Waals surface area contributed by atoms with Gasteiger partial charge in [-0.05, 0) is 31.4 Å². The molecule has 1 aromatic carbocycles. The topological polar surface area (TPSA) is 93.6 Å². The number of hydrogen-bond acceptors (Lipinski definition) is 4. The third-order valence-corrected chi connectivity index (χ3v) is 4.87. The molecule has 0 saturated carbocycles. The summed E-state index contributed by atoms with van der Waals surface area (Å²) < 4.78 is 28.0. The Hall–Kier alpha value is -1.86. The van der Waals surface area contributed by atoms with Crippen molar-refractivity contribution in [2.45, 2.75) is 13.3 Å². The SMILES string of the molecule is Cc1cc2cccc(C(=O)N3CC[C@H](CS(N)(=O)=O)C3)c2o1. The van der Waals surface area contributed by atoms with Gasteiger partial charge in [-0.25, -0.2) is 13.6 Å². The molecule has 3 rings (SSSR count). The van der Waals surface area contributed by atoms with E-state index in [1.807, 2.05) is 25.1 Å². The minimum absolute atomic E-state index is 0.0825. The van der Waals surface area contributed by atoms with Crippen molar-refractivity contribution < 1.29 is 17.6 Å². The number of carbonyl (C=O) groups is 1. The number of amides is 1. The van der Waals surface area contributed by atoms with Crippen LogP contribution in [0.2, 0.25) is 0 Å². The molecule has 1 aromatic heterocycles. The standard InChI is InChI=1S/C15H18N2O4S/c1-10-7-12-3-2-4-13(14(12)21-10)15(18)17-6-5-11(8-17)9-22(16,19)20/h2-4,7,11H,5-6,8-9H2,1H3,(H2,16,19,20)/t11-/m0/s1. The van der Waals surface area contributed by atoms with Crippen molar-refractivity contribution in [1.82, 2.24) is 4.90 Å². The van der Waals surface area contributed by atoms with Crippen LogP contribution < -0.4 is 5.14 Å². The minimum Gasteiger partial charge on any atom is -0.461 e. The van der Waals surface area contributed by atoms with E-state index in [-0.39, 0.29) is 17.6 Å². The van der Waals surface area contributed by atoms with E-state index in [0.29, 0.717) is 30.7 Å². The second-order valence-corrected chi connectivity index (χ2v) is 7.48. The molecule has 1 aliphatic rings. The number of furan rings is 1. The number of rotatable bonds is 3. The van der Waals surface area contributed by atoms with Gasteiger partial charge in [-0.3, -0.25) is 4.79 Å².